The average Bonchev–Trinajstić information content (AvgIpc) is 2.97. The molecule has 1 aromatic carbocycles. The summed E-state index contributed by atoms with van der Waals surface area (Å²) in [6.45, 7) is 6.05. The van der Waals surface area contributed by atoms with E-state index < -0.39 is 5.79 Å². The molecule has 0 fully saturated rings. The largest absolute Gasteiger partial charge is 0.443 e. The van der Waals surface area contributed by atoms with E-state index in [2.05, 4.69) is 28.8 Å². The molecular weight excluding hydrogens is 318 g/mol. The number of ether oxygens (including phenoxy) is 2. The third kappa shape index (κ3) is 3.01. The van der Waals surface area contributed by atoms with Crippen molar-refractivity contribution < 1.29 is 14.3 Å². The summed E-state index contributed by atoms with van der Waals surface area (Å²) in [6.07, 6.45) is 1.56. The van der Waals surface area contributed by atoms with E-state index in [1.165, 1.54) is 7.11 Å². The van der Waals surface area contributed by atoms with Gasteiger partial charge in [-0.2, -0.15) is 5.26 Å². The number of fused-ring (bicyclic) bond motifs is 1. The SMILES string of the molecule is CO/N=C(\C#N)c1ccc([C@@]2(C)Oc3cccc(C(C)C)c3O2)nc1. The molecule has 1 aliphatic rings. The van der Waals surface area contributed by atoms with E-state index in [1.54, 1.807) is 18.3 Å². The highest BCUT2D eigenvalue weighted by atomic mass is 16.7. The van der Waals surface area contributed by atoms with Crippen LogP contribution in [0.4, 0.5) is 0 Å². The smallest absolute Gasteiger partial charge is 0.292 e. The molecule has 25 heavy (non-hydrogen) atoms. The lowest BCUT2D eigenvalue weighted by molar-refractivity contribution is -0.0721. The van der Waals surface area contributed by atoms with Crippen LogP contribution in [-0.2, 0) is 10.6 Å². The lowest BCUT2D eigenvalue weighted by atomic mass is 10.0. The summed E-state index contributed by atoms with van der Waals surface area (Å²) < 4.78 is 12.2. The van der Waals surface area contributed by atoms with E-state index in [1.807, 2.05) is 31.2 Å². The van der Waals surface area contributed by atoms with Gasteiger partial charge >= 0.3 is 0 Å². The molecule has 128 valence electrons. The van der Waals surface area contributed by atoms with Crippen molar-refractivity contribution in [3.8, 4) is 17.6 Å². The first-order chi connectivity index (χ1) is 12.0. The first-order valence-corrected chi connectivity index (χ1v) is 7.97. The van der Waals surface area contributed by atoms with Crippen molar-refractivity contribution in [2.24, 2.45) is 5.16 Å². The summed E-state index contributed by atoms with van der Waals surface area (Å²) in [5.74, 6) is 0.763. The number of oxime groups is 1. The van der Waals surface area contributed by atoms with Gasteiger partial charge in [-0.25, -0.2) is 0 Å². The zero-order chi connectivity index (χ0) is 18.0. The molecule has 0 amide bonds. The fraction of sp³-hybridized carbons (Fsp3) is 0.316. The maximum absolute atomic E-state index is 9.10. The number of pyridine rings is 1. The molecule has 1 atom stereocenters. The molecule has 2 aromatic rings. The molecule has 6 heteroatoms. The van der Waals surface area contributed by atoms with Gasteiger partial charge in [0.15, 0.2) is 17.2 Å². The second-order valence-corrected chi connectivity index (χ2v) is 6.15. The van der Waals surface area contributed by atoms with E-state index in [-0.39, 0.29) is 5.71 Å². The third-order valence-corrected chi connectivity index (χ3v) is 4.02. The highest BCUT2D eigenvalue weighted by Crippen LogP contribution is 2.47. The second-order valence-electron chi connectivity index (χ2n) is 6.15. The van der Waals surface area contributed by atoms with Crippen LogP contribution in [0, 0.1) is 11.3 Å². The Balaban J connectivity index is 1.92. The van der Waals surface area contributed by atoms with Crippen LogP contribution in [0.2, 0.25) is 0 Å². The Bertz CT molecular complexity index is 853. The normalized spacial score (nSPS) is 19.0. The van der Waals surface area contributed by atoms with E-state index in [9.17, 15) is 0 Å². The minimum absolute atomic E-state index is 0.158. The van der Waals surface area contributed by atoms with Crippen molar-refractivity contribution in [2.75, 3.05) is 7.11 Å². The maximum atomic E-state index is 9.10. The van der Waals surface area contributed by atoms with E-state index in [0.29, 0.717) is 22.9 Å². The van der Waals surface area contributed by atoms with Gasteiger partial charge in [0.2, 0.25) is 0 Å². The minimum atomic E-state index is -1.02. The number of para-hydroxylation sites is 1. The monoisotopic (exact) mass is 337 g/mol. The van der Waals surface area contributed by atoms with Gasteiger partial charge in [0.1, 0.15) is 18.9 Å². The number of hydrogen-bond acceptors (Lipinski definition) is 6. The lowest BCUT2D eigenvalue weighted by Gasteiger charge is -2.22. The van der Waals surface area contributed by atoms with Gasteiger partial charge in [0, 0.05) is 24.2 Å². The van der Waals surface area contributed by atoms with Crippen LogP contribution in [0.25, 0.3) is 0 Å². The van der Waals surface area contributed by atoms with Crippen LogP contribution >= 0.6 is 0 Å². The van der Waals surface area contributed by atoms with Gasteiger partial charge in [-0.1, -0.05) is 31.1 Å². The van der Waals surface area contributed by atoms with Gasteiger partial charge < -0.3 is 14.3 Å². The van der Waals surface area contributed by atoms with Crippen molar-refractivity contribution in [3.63, 3.8) is 0 Å². The van der Waals surface area contributed by atoms with Crippen LogP contribution in [-0.4, -0.2) is 17.8 Å². The molecule has 0 saturated heterocycles. The topological polar surface area (TPSA) is 76.7 Å². The highest BCUT2D eigenvalue weighted by Gasteiger charge is 2.41. The minimum Gasteiger partial charge on any atom is -0.443 e. The van der Waals surface area contributed by atoms with Gasteiger partial charge in [-0.05, 0) is 24.1 Å². The van der Waals surface area contributed by atoms with Crippen LogP contribution in [0.5, 0.6) is 11.5 Å². The predicted octanol–water partition coefficient (Wildman–Crippen LogP) is 3.72. The Morgan fingerprint density at radius 1 is 1.28 bits per heavy atom. The number of benzene rings is 1. The Labute approximate surface area is 146 Å². The fourth-order valence-electron chi connectivity index (χ4n) is 2.74. The summed E-state index contributed by atoms with van der Waals surface area (Å²) in [6, 6.07) is 11.4. The van der Waals surface area contributed by atoms with Gasteiger partial charge in [-0.15, -0.1) is 0 Å². The molecule has 0 bridgehead atoms. The zero-order valence-corrected chi connectivity index (χ0v) is 14.6. The molecule has 0 N–H and O–H groups in total. The Hall–Kier alpha value is -3.07. The van der Waals surface area contributed by atoms with Crippen molar-refractivity contribution in [1.82, 2.24) is 4.98 Å². The molecule has 3 rings (SSSR count). The third-order valence-electron chi connectivity index (χ3n) is 4.02. The maximum Gasteiger partial charge on any atom is 0.292 e. The Kier molecular flexibility index (Phi) is 4.32. The molecule has 0 spiro atoms. The van der Waals surface area contributed by atoms with Gasteiger partial charge in [0.05, 0.1) is 0 Å². The molecule has 0 aliphatic carbocycles. The first kappa shape index (κ1) is 16.8. The van der Waals surface area contributed by atoms with Gasteiger partial charge in [0.25, 0.3) is 5.79 Å². The standard InChI is InChI=1S/C19H19N3O3/c1-12(2)14-6-5-7-16-18(14)25-19(3,24-16)17-9-8-13(11-21-17)15(10-20)22-23-4/h5-9,11-12H,1-4H3/b22-15+/t19-/m0/s1. The van der Waals surface area contributed by atoms with Crippen LogP contribution in [0.15, 0.2) is 41.7 Å². The first-order valence-electron chi connectivity index (χ1n) is 7.97. The van der Waals surface area contributed by atoms with Crippen LogP contribution < -0.4 is 9.47 Å². The number of rotatable bonds is 4. The summed E-state index contributed by atoms with van der Waals surface area (Å²) in [4.78, 5) is 9.07. The molecular formula is C19H19N3O3. The molecule has 1 aromatic heterocycles. The quantitative estimate of drug-likeness (QED) is 0.628. The van der Waals surface area contributed by atoms with Crippen LogP contribution in [0.1, 0.15) is 43.5 Å². The average molecular weight is 337 g/mol. The number of aromatic nitrogens is 1. The Morgan fingerprint density at radius 2 is 2.08 bits per heavy atom. The Morgan fingerprint density at radius 3 is 2.68 bits per heavy atom. The molecule has 0 radical (unpaired) electrons. The molecule has 1 aliphatic heterocycles. The van der Waals surface area contributed by atoms with Crippen LogP contribution in [0.3, 0.4) is 0 Å². The highest BCUT2D eigenvalue weighted by molar-refractivity contribution is 6.11. The fourth-order valence-corrected chi connectivity index (χ4v) is 2.74. The van der Waals surface area contributed by atoms with Crippen molar-refractivity contribution in [2.45, 2.75) is 32.5 Å². The molecule has 0 unspecified atom stereocenters. The predicted molar refractivity (Wildman–Crippen MR) is 92.5 cm³/mol. The molecule has 0 saturated carbocycles. The van der Waals surface area contributed by atoms with E-state index in [4.69, 9.17) is 14.7 Å². The van der Waals surface area contributed by atoms with Crippen molar-refractivity contribution in [3.05, 3.63) is 53.3 Å². The summed E-state index contributed by atoms with van der Waals surface area (Å²) >= 11 is 0. The molecule has 2 heterocycles. The van der Waals surface area contributed by atoms with Crippen molar-refractivity contribution in [1.29, 1.82) is 5.26 Å². The van der Waals surface area contributed by atoms with E-state index in [0.717, 1.165) is 11.3 Å². The second kappa shape index (κ2) is 6.44. The number of hydrogen-bond donors (Lipinski definition) is 0. The van der Waals surface area contributed by atoms with Crippen molar-refractivity contribution >= 4 is 5.71 Å². The molecule has 6 nitrogen and oxygen atoms in total. The number of nitrogens with zero attached hydrogens (tertiary/aromatic N) is 3. The summed E-state index contributed by atoms with van der Waals surface area (Å²) in [7, 11) is 1.39. The summed E-state index contributed by atoms with van der Waals surface area (Å²) in [5.41, 5.74) is 2.43. The van der Waals surface area contributed by atoms with E-state index >= 15 is 0 Å². The van der Waals surface area contributed by atoms with Gasteiger partial charge in [-0.3, -0.25) is 4.98 Å². The lowest BCUT2D eigenvalue weighted by Crippen LogP contribution is -2.32. The number of nitriles is 1. The summed E-state index contributed by atoms with van der Waals surface area (Å²) in [5, 5.41) is 12.8. The zero-order valence-electron chi connectivity index (χ0n) is 14.6.